The second kappa shape index (κ2) is 4.27. The van der Waals surface area contributed by atoms with Gasteiger partial charge < -0.3 is 10.5 Å². The highest BCUT2D eigenvalue weighted by atomic mass is 19.4. The maximum atomic E-state index is 12.3. The summed E-state index contributed by atoms with van der Waals surface area (Å²) in [6.45, 7) is 2.88. The molecular weight excluding hydrogens is 235 g/mol. The molecule has 0 spiro atoms. The molecule has 0 aromatic heterocycles. The lowest BCUT2D eigenvalue weighted by atomic mass is 10.1. The highest BCUT2D eigenvalue weighted by Gasteiger charge is 2.31. The standard InChI is InChI=1S/C11H12F3NO2/c1-10(2,9(15)16)17-8-5-3-7(4-6-8)11(12,13)14/h3-6H,1-2H3,(H2,15,16). The van der Waals surface area contributed by atoms with E-state index in [9.17, 15) is 18.0 Å². The van der Waals surface area contributed by atoms with Crippen molar-refractivity contribution < 1.29 is 22.7 Å². The highest BCUT2D eigenvalue weighted by molar-refractivity contribution is 5.82. The summed E-state index contributed by atoms with van der Waals surface area (Å²) in [6, 6.07) is 4.06. The van der Waals surface area contributed by atoms with Gasteiger partial charge in [0.15, 0.2) is 5.60 Å². The van der Waals surface area contributed by atoms with Crippen molar-refractivity contribution in [2.75, 3.05) is 0 Å². The van der Waals surface area contributed by atoms with Crippen molar-refractivity contribution in [2.24, 2.45) is 5.73 Å². The van der Waals surface area contributed by atoms with Gasteiger partial charge in [-0.15, -0.1) is 0 Å². The molecule has 1 aromatic carbocycles. The zero-order chi connectivity index (χ0) is 13.3. The van der Waals surface area contributed by atoms with Gasteiger partial charge in [0.1, 0.15) is 5.75 Å². The zero-order valence-corrected chi connectivity index (χ0v) is 9.34. The molecule has 0 aliphatic rings. The highest BCUT2D eigenvalue weighted by Crippen LogP contribution is 2.30. The van der Waals surface area contributed by atoms with Crippen LogP contribution in [-0.4, -0.2) is 11.5 Å². The first-order valence-electron chi connectivity index (χ1n) is 4.79. The van der Waals surface area contributed by atoms with E-state index in [1.807, 2.05) is 0 Å². The fourth-order valence-corrected chi connectivity index (χ4v) is 1.06. The quantitative estimate of drug-likeness (QED) is 0.891. The molecule has 0 unspecified atom stereocenters. The second-order valence-corrected chi connectivity index (χ2v) is 4.00. The summed E-state index contributed by atoms with van der Waals surface area (Å²) in [4.78, 5) is 11.0. The van der Waals surface area contributed by atoms with Gasteiger partial charge in [-0.3, -0.25) is 4.79 Å². The van der Waals surface area contributed by atoms with Gasteiger partial charge in [-0.2, -0.15) is 13.2 Å². The molecule has 0 fully saturated rings. The summed E-state index contributed by atoms with van der Waals surface area (Å²) >= 11 is 0. The molecule has 0 aliphatic heterocycles. The lowest BCUT2D eigenvalue weighted by molar-refractivity contribution is -0.137. The van der Waals surface area contributed by atoms with Crippen molar-refractivity contribution in [3.63, 3.8) is 0 Å². The van der Waals surface area contributed by atoms with E-state index in [1.54, 1.807) is 0 Å². The van der Waals surface area contributed by atoms with Crippen molar-refractivity contribution in [1.82, 2.24) is 0 Å². The zero-order valence-electron chi connectivity index (χ0n) is 9.34. The third-order valence-electron chi connectivity index (χ3n) is 2.15. The lowest BCUT2D eigenvalue weighted by Crippen LogP contribution is -2.43. The Morgan fingerprint density at radius 3 is 2.00 bits per heavy atom. The van der Waals surface area contributed by atoms with Crippen LogP contribution >= 0.6 is 0 Å². The summed E-state index contributed by atoms with van der Waals surface area (Å²) in [6.07, 6.45) is -4.39. The minimum Gasteiger partial charge on any atom is -0.478 e. The molecule has 6 heteroatoms. The van der Waals surface area contributed by atoms with Crippen molar-refractivity contribution >= 4 is 5.91 Å². The summed E-state index contributed by atoms with van der Waals surface area (Å²) in [5, 5.41) is 0. The van der Waals surface area contributed by atoms with E-state index in [2.05, 4.69) is 0 Å². The number of rotatable bonds is 3. The molecule has 0 bridgehead atoms. The number of carbonyl (C=O) groups is 1. The van der Waals surface area contributed by atoms with Gasteiger partial charge in [-0.25, -0.2) is 0 Å². The second-order valence-electron chi connectivity index (χ2n) is 4.00. The van der Waals surface area contributed by atoms with Crippen LogP contribution in [0.4, 0.5) is 13.2 Å². The fraction of sp³-hybridized carbons (Fsp3) is 0.364. The first kappa shape index (κ1) is 13.3. The molecule has 17 heavy (non-hydrogen) atoms. The number of nitrogens with two attached hydrogens (primary N) is 1. The fourth-order valence-electron chi connectivity index (χ4n) is 1.06. The van der Waals surface area contributed by atoms with Gasteiger partial charge in [-0.05, 0) is 38.1 Å². The van der Waals surface area contributed by atoms with Crippen LogP contribution in [0.1, 0.15) is 19.4 Å². The third kappa shape index (κ3) is 3.37. The van der Waals surface area contributed by atoms with Gasteiger partial charge in [0, 0.05) is 0 Å². The van der Waals surface area contributed by atoms with Gasteiger partial charge >= 0.3 is 6.18 Å². The molecule has 0 saturated carbocycles. The molecule has 1 aromatic rings. The molecule has 0 saturated heterocycles. The Kier molecular flexibility index (Phi) is 3.35. The lowest BCUT2D eigenvalue weighted by Gasteiger charge is -2.22. The SMILES string of the molecule is CC(C)(Oc1ccc(C(F)(F)F)cc1)C(N)=O. The monoisotopic (exact) mass is 247 g/mol. The molecule has 0 radical (unpaired) electrons. The Labute approximate surface area is 96.4 Å². The van der Waals surface area contributed by atoms with E-state index in [4.69, 9.17) is 10.5 Å². The number of halogens is 3. The Balaban J connectivity index is 2.86. The van der Waals surface area contributed by atoms with Crippen LogP contribution in [0.25, 0.3) is 0 Å². The molecule has 0 aliphatic carbocycles. The molecule has 3 nitrogen and oxygen atoms in total. The number of ether oxygens (including phenoxy) is 1. The Morgan fingerprint density at radius 1 is 1.18 bits per heavy atom. The van der Waals surface area contributed by atoms with Gasteiger partial charge in [0.2, 0.25) is 0 Å². The predicted molar refractivity (Wildman–Crippen MR) is 55.3 cm³/mol. The smallest absolute Gasteiger partial charge is 0.416 e. The van der Waals surface area contributed by atoms with Gasteiger partial charge in [0.05, 0.1) is 5.56 Å². The summed E-state index contributed by atoms with van der Waals surface area (Å²) in [5.74, 6) is -0.542. The van der Waals surface area contributed by atoms with Crippen LogP contribution < -0.4 is 10.5 Å². The van der Waals surface area contributed by atoms with E-state index in [1.165, 1.54) is 13.8 Å². The number of carbonyl (C=O) groups excluding carboxylic acids is 1. The molecular formula is C11H12F3NO2. The largest absolute Gasteiger partial charge is 0.478 e. The van der Waals surface area contributed by atoms with E-state index in [0.29, 0.717) is 0 Å². The van der Waals surface area contributed by atoms with E-state index < -0.39 is 23.2 Å². The number of amides is 1. The van der Waals surface area contributed by atoms with Crippen LogP contribution in [0.15, 0.2) is 24.3 Å². The Hall–Kier alpha value is -1.72. The number of primary amides is 1. The molecule has 2 N–H and O–H groups in total. The minimum atomic E-state index is -4.39. The van der Waals surface area contributed by atoms with Gasteiger partial charge in [-0.1, -0.05) is 0 Å². The summed E-state index contributed by atoms with van der Waals surface area (Å²) in [5.41, 5.74) is 3.03. The van der Waals surface area contributed by atoms with E-state index in [-0.39, 0.29) is 5.75 Å². The van der Waals surface area contributed by atoms with Crippen LogP contribution in [0.3, 0.4) is 0 Å². The van der Waals surface area contributed by atoms with Crippen molar-refractivity contribution in [1.29, 1.82) is 0 Å². The van der Waals surface area contributed by atoms with Crippen molar-refractivity contribution in [3.05, 3.63) is 29.8 Å². The van der Waals surface area contributed by atoms with E-state index >= 15 is 0 Å². The molecule has 0 atom stereocenters. The van der Waals surface area contributed by atoms with Crippen LogP contribution in [0, 0.1) is 0 Å². The molecule has 94 valence electrons. The van der Waals surface area contributed by atoms with Crippen molar-refractivity contribution in [2.45, 2.75) is 25.6 Å². The molecule has 0 heterocycles. The van der Waals surface area contributed by atoms with Crippen LogP contribution in [-0.2, 0) is 11.0 Å². The number of hydrogen-bond acceptors (Lipinski definition) is 2. The average Bonchev–Trinajstić information content (AvgIpc) is 2.16. The predicted octanol–water partition coefficient (Wildman–Crippen LogP) is 2.35. The number of hydrogen-bond donors (Lipinski definition) is 1. The average molecular weight is 247 g/mol. The van der Waals surface area contributed by atoms with Crippen LogP contribution in [0.5, 0.6) is 5.75 Å². The van der Waals surface area contributed by atoms with Gasteiger partial charge in [0.25, 0.3) is 5.91 Å². The third-order valence-corrected chi connectivity index (χ3v) is 2.15. The maximum Gasteiger partial charge on any atom is 0.416 e. The summed E-state index contributed by atoms with van der Waals surface area (Å²) in [7, 11) is 0. The number of benzene rings is 1. The molecule has 1 amide bonds. The maximum absolute atomic E-state index is 12.3. The Bertz CT molecular complexity index is 410. The number of alkyl halides is 3. The molecule has 1 rings (SSSR count). The van der Waals surface area contributed by atoms with Crippen molar-refractivity contribution in [3.8, 4) is 5.75 Å². The first-order valence-corrected chi connectivity index (χ1v) is 4.79. The summed E-state index contributed by atoms with van der Waals surface area (Å²) < 4.78 is 42.0. The van der Waals surface area contributed by atoms with Crippen LogP contribution in [0.2, 0.25) is 0 Å². The topological polar surface area (TPSA) is 52.3 Å². The normalized spacial score (nSPS) is 12.3. The first-order chi connectivity index (χ1) is 7.63. The Morgan fingerprint density at radius 2 is 1.65 bits per heavy atom. The minimum absolute atomic E-state index is 0.154. The van der Waals surface area contributed by atoms with E-state index in [0.717, 1.165) is 24.3 Å².